The zero-order valence-electron chi connectivity index (χ0n) is 13.6. The van der Waals surface area contributed by atoms with Crippen LogP contribution in [0.5, 0.6) is 0 Å². The number of hydrogen-bond donors (Lipinski definition) is 1. The Balaban J connectivity index is 2.05. The molecule has 0 amide bonds. The summed E-state index contributed by atoms with van der Waals surface area (Å²) in [5.74, 6) is 0.313. The molecule has 2 rings (SSSR count). The third kappa shape index (κ3) is 3.97. The fraction of sp³-hybridized carbons (Fsp3) is 0.300. The van der Waals surface area contributed by atoms with Crippen molar-refractivity contribution in [1.29, 1.82) is 0 Å². The number of hydrogen-bond acceptors (Lipinski definition) is 1. The van der Waals surface area contributed by atoms with E-state index in [2.05, 4.69) is 56.9 Å². The highest BCUT2D eigenvalue weighted by Crippen LogP contribution is 2.19. The van der Waals surface area contributed by atoms with Gasteiger partial charge in [0.25, 0.3) is 0 Å². The van der Waals surface area contributed by atoms with Crippen molar-refractivity contribution < 1.29 is 4.39 Å². The molecular formula is C20H24FN. The topological polar surface area (TPSA) is 12.0 Å². The standard InChI is InChI=1S/C20H24FN/c1-5-17-10-11-19(21)12-20(17)15(4)22-13-16-6-8-18(9-7-16)14(2)3/h6-12,14,22H,4-5,13H2,1-3H3. The van der Waals surface area contributed by atoms with E-state index in [0.717, 1.165) is 23.2 Å². The van der Waals surface area contributed by atoms with Crippen molar-refractivity contribution in [3.05, 3.63) is 77.1 Å². The average Bonchev–Trinajstić information content (AvgIpc) is 2.53. The molecule has 1 N–H and O–H groups in total. The van der Waals surface area contributed by atoms with Crippen LogP contribution in [0.4, 0.5) is 4.39 Å². The first-order chi connectivity index (χ1) is 10.5. The van der Waals surface area contributed by atoms with Gasteiger partial charge in [-0.1, -0.05) is 57.7 Å². The number of rotatable bonds is 6. The van der Waals surface area contributed by atoms with E-state index in [1.807, 2.05) is 6.07 Å². The Kier molecular flexibility index (Phi) is 5.37. The molecule has 1 nitrogen and oxygen atoms in total. The smallest absolute Gasteiger partial charge is 0.123 e. The van der Waals surface area contributed by atoms with E-state index in [1.54, 1.807) is 6.07 Å². The fourth-order valence-electron chi connectivity index (χ4n) is 2.46. The SMILES string of the molecule is C=C(NCc1ccc(C(C)C)cc1)c1cc(F)ccc1CC. The van der Waals surface area contributed by atoms with Gasteiger partial charge in [0.05, 0.1) is 0 Å². The maximum Gasteiger partial charge on any atom is 0.123 e. The van der Waals surface area contributed by atoms with Gasteiger partial charge in [0.2, 0.25) is 0 Å². The first-order valence-electron chi connectivity index (χ1n) is 7.81. The van der Waals surface area contributed by atoms with Crippen molar-refractivity contribution in [2.45, 2.75) is 39.7 Å². The van der Waals surface area contributed by atoms with Crippen LogP contribution in [0.1, 0.15) is 48.9 Å². The molecule has 0 fully saturated rings. The normalized spacial score (nSPS) is 10.8. The minimum atomic E-state index is -0.226. The Hall–Kier alpha value is -2.09. The van der Waals surface area contributed by atoms with Crippen molar-refractivity contribution in [3.63, 3.8) is 0 Å². The Morgan fingerprint density at radius 1 is 1.14 bits per heavy atom. The maximum absolute atomic E-state index is 13.5. The summed E-state index contributed by atoms with van der Waals surface area (Å²) in [4.78, 5) is 0. The second-order valence-electron chi connectivity index (χ2n) is 5.88. The monoisotopic (exact) mass is 297 g/mol. The summed E-state index contributed by atoms with van der Waals surface area (Å²) >= 11 is 0. The summed E-state index contributed by atoms with van der Waals surface area (Å²) in [5, 5.41) is 3.30. The predicted octanol–water partition coefficient (Wildman–Crippen LogP) is 5.27. The van der Waals surface area contributed by atoms with E-state index in [-0.39, 0.29) is 5.82 Å². The average molecular weight is 297 g/mol. The second-order valence-corrected chi connectivity index (χ2v) is 5.88. The fourth-order valence-corrected chi connectivity index (χ4v) is 2.46. The third-order valence-electron chi connectivity index (χ3n) is 3.93. The molecule has 0 atom stereocenters. The lowest BCUT2D eigenvalue weighted by molar-refractivity contribution is 0.626. The molecule has 2 heteroatoms. The Morgan fingerprint density at radius 3 is 2.41 bits per heavy atom. The highest BCUT2D eigenvalue weighted by Gasteiger charge is 2.07. The number of nitrogens with one attached hydrogen (secondary N) is 1. The molecule has 0 bridgehead atoms. The summed E-state index contributed by atoms with van der Waals surface area (Å²) < 4.78 is 13.5. The molecule has 0 radical (unpaired) electrons. The molecule has 2 aromatic rings. The van der Waals surface area contributed by atoms with E-state index in [1.165, 1.54) is 17.2 Å². The van der Waals surface area contributed by atoms with E-state index in [0.29, 0.717) is 12.5 Å². The van der Waals surface area contributed by atoms with Crippen LogP contribution in [0.3, 0.4) is 0 Å². The molecule has 116 valence electrons. The van der Waals surface area contributed by atoms with Gasteiger partial charge in [-0.3, -0.25) is 0 Å². The van der Waals surface area contributed by atoms with Crippen LogP contribution in [0.25, 0.3) is 5.70 Å². The predicted molar refractivity (Wildman–Crippen MR) is 92.2 cm³/mol. The summed E-state index contributed by atoms with van der Waals surface area (Å²) in [6.45, 7) is 11.2. The van der Waals surface area contributed by atoms with Crippen molar-refractivity contribution in [2.75, 3.05) is 0 Å². The number of halogens is 1. The lowest BCUT2D eigenvalue weighted by Gasteiger charge is -2.14. The molecule has 0 heterocycles. The number of benzene rings is 2. The summed E-state index contributed by atoms with van der Waals surface area (Å²) in [7, 11) is 0. The molecule has 0 aromatic heterocycles. The van der Waals surface area contributed by atoms with Crippen LogP contribution in [-0.2, 0) is 13.0 Å². The van der Waals surface area contributed by atoms with Crippen molar-refractivity contribution >= 4 is 5.70 Å². The van der Waals surface area contributed by atoms with Crippen molar-refractivity contribution in [3.8, 4) is 0 Å². The van der Waals surface area contributed by atoms with Gasteiger partial charge in [0.15, 0.2) is 0 Å². The van der Waals surface area contributed by atoms with Gasteiger partial charge >= 0.3 is 0 Å². The van der Waals surface area contributed by atoms with Gasteiger partial charge < -0.3 is 5.32 Å². The van der Waals surface area contributed by atoms with E-state index >= 15 is 0 Å². The highest BCUT2D eigenvalue weighted by atomic mass is 19.1. The Bertz CT molecular complexity index is 641. The second kappa shape index (κ2) is 7.26. The van der Waals surface area contributed by atoms with Crippen LogP contribution < -0.4 is 5.32 Å². The van der Waals surface area contributed by atoms with Gasteiger partial charge in [-0.25, -0.2) is 4.39 Å². The van der Waals surface area contributed by atoms with E-state index in [9.17, 15) is 4.39 Å². The minimum absolute atomic E-state index is 0.226. The molecule has 0 saturated carbocycles. The quantitative estimate of drug-likeness (QED) is 0.765. The molecule has 0 aliphatic rings. The number of aryl methyl sites for hydroxylation is 1. The zero-order chi connectivity index (χ0) is 16.1. The molecule has 0 unspecified atom stereocenters. The van der Waals surface area contributed by atoms with Gasteiger partial charge in [-0.2, -0.15) is 0 Å². The molecule has 0 saturated heterocycles. The Morgan fingerprint density at radius 2 is 1.82 bits per heavy atom. The van der Waals surface area contributed by atoms with Crippen LogP contribution >= 0.6 is 0 Å². The van der Waals surface area contributed by atoms with Gasteiger partial charge in [0, 0.05) is 17.8 Å². The zero-order valence-corrected chi connectivity index (χ0v) is 13.6. The molecular weight excluding hydrogens is 273 g/mol. The summed E-state index contributed by atoms with van der Waals surface area (Å²) in [6, 6.07) is 13.4. The van der Waals surface area contributed by atoms with Crippen molar-refractivity contribution in [1.82, 2.24) is 5.32 Å². The maximum atomic E-state index is 13.5. The lowest BCUT2D eigenvalue weighted by atomic mass is 10.0. The molecule has 0 aliphatic carbocycles. The minimum Gasteiger partial charge on any atom is -0.381 e. The van der Waals surface area contributed by atoms with Crippen LogP contribution in [-0.4, -0.2) is 0 Å². The molecule has 0 spiro atoms. The largest absolute Gasteiger partial charge is 0.381 e. The van der Waals surface area contributed by atoms with Crippen molar-refractivity contribution in [2.24, 2.45) is 0 Å². The van der Waals surface area contributed by atoms with E-state index in [4.69, 9.17) is 0 Å². The van der Waals surface area contributed by atoms with Gasteiger partial charge in [0.1, 0.15) is 5.82 Å². The molecule has 22 heavy (non-hydrogen) atoms. The van der Waals surface area contributed by atoms with E-state index < -0.39 is 0 Å². The van der Waals surface area contributed by atoms with Gasteiger partial charge in [-0.05, 0) is 41.2 Å². The summed E-state index contributed by atoms with van der Waals surface area (Å²) in [5.41, 5.74) is 5.26. The highest BCUT2D eigenvalue weighted by molar-refractivity contribution is 5.65. The molecule has 2 aromatic carbocycles. The Labute approximate surface area is 132 Å². The first-order valence-corrected chi connectivity index (χ1v) is 7.81. The summed E-state index contributed by atoms with van der Waals surface area (Å²) in [6.07, 6.45) is 0.861. The first kappa shape index (κ1) is 16.3. The van der Waals surface area contributed by atoms with Crippen LogP contribution in [0.15, 0.2) is 49.0 Å². The van der Waals surface area contributed by atoms with Crippen LogP contribution in [0, 0.1) is 5.82 Å². The lowest BCUT2D eigenvalue weighted by Crippen LogP contribution is -2.12. The third-order valence-corrected chi connectivity index (χ3v) is 3.93. The van der Waals surface area contributed by atoms with Gasteiger partial charge in [-0.15, -0.1) is 0 Å². The van der Waals surface area contributed by atoms with Crippen LogP contribution in [0.2, 0.25) is 0 Å². The molecule has 0 aliphatic heterocycles.